The molecule has 2 nitrogen and oxygen atoms in total. The molecule has 3 N–H and O–H groups in total. The summed E-state index contributed by atoms with van der Waals surface area (Å²) in [7, 11) is 0. The molecular weight excluding hydrogens is 138 g/mol. The smallest absolute Gasteiger partial charge is 0.0611 e. The molecule has 1 rings (SSSR count). The van der Waals surface area contributed by atoms with Gasteiger partial charge < -0.3 is 10.8 Å². The van der Waals surface area contributed by atoms with Crippen LogP contribution in [0.1, 0.15) is 33.6 Å². The van der Waals surface area contributed by atoms with E-state index in [0.29, 0.717) is 5.92 Å². The molecule has 2 heteroatoms. The largest absolute Gasteiger partial charge is 0.392 e. The number of aliphatic hydroxyl groups excluding tert-OH is 1. The first-order valence-electron chi connectivity index (χ1n) is 4.40. The zero-order chi connectivity index (χ0) is 8.65. The number of hydrogen-bond acceptors (Lipinski definition) is 2. The summed E-state index contributed by atoms with van der Waals surface area (Å²) in [6.07, 6.45) is 2.01. The molecule has 0 saturated heterocycles. The van der Waals surface area contributed by atoms with Crippen LogP contribution in [0.25, 0.3) is 0 Å². The summed E-state index contributed by atoms with van der Waals surface area (Å²) in [5.74, 6) is 0.723. The lowest BCUT2D eigenvalue weighted by Gasteiger charge is -2.30. The molecule has 0 spiro atoms. The van der Waals surface area contributed by atoms with Crippen LogP contribution in [0, 0.1) is 11.8 Å². The summed E-state index contributed by atoms with van der Waals surface area (Å²) in [5, 5.41) is 9.71. The molecule has 0 aliphatic heterocycles. The monoisotopic (exact) mass is 157 g/mol. The lowest BCUT2D eigenvalue weighted by Crippen LogP contribution is -2.45. The molecule has 0 aromatic rings. The Kier molecular flexibility index (Phi) is 2.26. The van der Waals surface area contributed by atoms with Crippen LogP contribution in [0.2, 0.25) is 0 Å². The van der Waals surface area contributed by atoms with Crippen LogP contribution in [-0.4, -0.2) is 16.7 Å². The minimum Gasteiger partial charge on any atom is -0.392 e. The predicted molar refractivity (Wildman–Crippen MR) is 46.2 cm³/mol. The first kappa shape index (κ1) is 9.01. The van der Waals surface area contributed by atoms with Crippen molar-refractivity contribution in [3.8, 4) is 0 Å². The van der Waals surface area contributed by atoms with Gasteiger partial charge in [0.25, 0.3) is 0 Å². The molecule has 0 aromatic carbocycles. The number of rotatable bonds is 1. The van der Waals surface area contributed by atoms with Crippen molar-refractivity contribution in [1.29, 1.82) is 0 Å². The maximum absolute atomic E-state index is 9.71. The van der Waals surface area contributed by atoms with Crippen LogP contribution < -0.4 is 5.73 Å². The van der Waals surface area contributed by atoms with E-state index in [1.165, 1.54) is 0 Å². The normalized spacial score (nSPS) is 39.5. The van der Waals surface area contributed by atoms with Crippen molar-refractivity contribution in [2.75, 3.05) is 0 Å². The summed E-state index contributed by atoms with van der Waals surface area (Å²) in [4.78, 5) is 0. The highest BCUT2D eigenvalue weighted by molar-refractivity contribution is 4.93. The van der Waals surface area contributed by atoms with E-state index in [1.54, 1.807) is 0 Å². The second-order valence-electron chi connectivity index (χ2n) is 4.47. The van der Waals surface area contributed by atoms with Crippen LogP contribution in [0.15, 0.2) is 0 Å². The van der Waals surface area contributed by atoms with E-state index in [-0.39, 0.29) is 17.6 Å². The highest BCUT2D eigenvalue weighted by Gasteiger charge is 2.39. The molecule has 11 heavy (non-hydrogen) atoms. The van der Waals surface area contributed by atoms with E-state index in [2.05, 4.69) is 6.92 Å². The van der Waals surface area contributed by atoms with Gasteiger partial charge in [0, 0.05) is 11.5 Å². The molecule has 1 saturated carbocycles. The maximum Gasteiger partial charge on any atom is 0.0611 e. The molecule has 0 heterocycles. The highest BCUT2D eigenvalue weighted by atomic mass is 16.3. The molecule has 3 atom stereocenters. The Morgan fingerprint density at radius 3 is 2.09 bits per heavy atom. The van der Waals surface area contributed by atoms with E-state index in [4.69, 9.17) is 5.73 Å². The third-order valence-corrected chi connectivity index (χ3v) is 2.88. The van der Waals surface area contributed by atoms with Gasteiger partial charge in [-0.05, 0) is 32.6 Å². The van der Waals surface area contributed by atoms with Crippen molar-refractivity contribution in [3.63, 3.8) is 0 Å². The van der Waals surface area contributed by atoms with Crippen molar-refractivity contribution in [2.24, 2.45) is 17.6 Å². The van der Waals surface area contributed by atoms with E-state index < -0.39 is 0 Å². The van der Waals surface area contributed by atoms with Crippen LogP contribution >= 0.6 is 0 Å². The van der Waals surface area contributed by atoms with Gasteiger partial charge in [-0.2, -0.15) is 0 Å². The molecule has 0 bridgehead atoms. The van der Waals surface area contributed by atoms with Crippen LogP contribution in [-0.2, 0) is 0 Å². The Morgan fingerprint density at radius 1 is 1.36 bits per heavy atom. The van der Waals surface area contributed by atoms with Crippen molar-refractivity contribution >= 4 is 0 Å². The van der Waals surface area contributed by atoms with E-state index in [0.717, 1.165) is 12.8 Å². The summed E-state index contributed by atoms with van der Waals surface area (Å²) >= 11 is 0. The van der Waals surface area contributed by atoms with Crippen LogP contribution in [0.5, 0.6) is 0 Å². The number of nitrogens with two attached hydrogens (primary N) is 1. The number of hydrogen-bond donors (Lipinski definition) is 2. The van der Waals surface area contributed by atoms with Crippen molar-refractivity contribution in [1.82, 2.24) is 0 Å². The Balaban J connectivity index is 2.62. The van der Waals surface area contributed by atoms with Crippen molar-refractivity contribution < 1.29 is 5.11 Å². The third kappa shape index (κ3) is 1.74. The fourth-order valence-corrected chi connectivity index (χ4v) is 1.99. The van der Waals surface area contributed by atoms with Gasteiger partial charge in [0.2, 0.25) is 0 Å². The Bertz CT molecular complexity index is 139. The fraction of sp³-hybridized carbons (Fsp3) is 1.00. The second kappa shape index (κ2) is 2.76. The van der Waals surface area contributed by atoms with Gasteiger partial charge in [-0.15, -0.1) is 0 Å². The summed E-state index contributed by atoms with van der Waals surface area (Å²) in [5.41, 5.74) is 5.72. The lowest BCUT2D eigenvalue weighted by molar-refractivity contribution is 0.0677. The molecule has 3 unspecified atom stereocenters. The fourth-order valence-electron chi connectivity index (χ4n) is 1.99. The van der Waals surface area contributed by atoms with Gasteiger partial charge in [0.15, 0.2) is 0 Å². The van der Waals surface area contributed by atoms with Gasteiger partial charge in [-0.1, -0.05) is 6.92 Å². The zero-order valence-corrected chi connectivity index (χ0v) is 7.67. The average molecular weight is 157 g/mol. The van der Waals surface area contributed by atoms with Gasteiger partial charge in [0.05, 0.1) is 6.10 Å². The zero-order valence-electron chi connectivity index (χ0n) is 7.67. The SMILES string of the molecule is CC1CCC(C(C)(C)N)C1O. The average Bonchev–Trinajstić information content (AvgIpc) is 2.11. The number of aliphatic hydroxyl groups is 1. The molecule has 1 aliphatic carbocycles. The standard InChI is InChI=1S/C9H19NO/c1-6-4-5-7(8(6)11)9(2,3)10/h6-8,11H,4-5,10H2,1-3H3. The second-order valence-corrected chi connectivity index (χ2v) is 4.47. The van der Waals surface area contributed by atoms with Crippen molar-refractivity contribution in [2.45, 2.75) is 45.3 Å². The van der Waals surface area contributed by atoms with Gasteiger partial charge >= 0.3 is 0 Å². The molecule has 66 valence electrons. The Labute approximate surface area is 68.8 Å². The third-order valence-electron chi connectivity index (χ3n) is 2.88. The summed E-state index contributed by atoms with van der Waals surface area (Å²) < 4.78 is 0. The molecule has 0 aromatic heterocycles. The molecule has 1 fully saturated rings. The van der Waals surface area contributed by atoms with E-state index in [1.807, 2.05) is 13.8 Å². The maximum atomic E-state index is 9.71. The van der Waals surface area contributed by atoms with Crippen molar-refractivity contribution in [3.05, 3.63) is 0 Å². The molecule has 0 amide bonds. The van der Waals surface area contributed by atoms with E-state index in [9.17, 15) is 5.11 Å². The quantitative estimate of drug-likeness (QED) is 0.599. The van der Waals surface area contributed by atoms with Crippen LogP contribution in [0.3, 0.4) is 0 Å². The minimum absolute atomic E-state index is 0.185. The van der Waals surface area contributed by atoms with Gasteiger partial charge in [-0.3, -0.25) is 0 Å². The predicted octanol–water partition coefficient (Wildman–Crippen LogP) is 1.13. The molecular formula is C9H19NO. The first-order chi connectivity index (χ1) is 4.93. The topological polar surface area (TPSA) is 46.2 Å². The van der Waals surface area contributed by atoms with Crippen LogP contribution in [0.4, 0.5) is 0 Å². The lowest BCUT2D eigenvalue weighted by atomic mass is 9.85. The molecule has 1 aliphatic rings. The van der Waals surface area contributed by atoms with Gasteiger partial charge in [0.1, 0.15) is 0 Å². The summed E-state index contributed by atoms with van der Waals surface area (Å²) in [6.45, 7) is 6.09. The Morgan fingerprint density at radius 2 is 1.91 bits per heavy atom. The first-order valence-corrected chi connectivity index (χ1v) is 4.40. The molecule has 0 radical (unpaired) electrons. The van der Waals surface area contributed by atoms with Gasteiger partial charge in [-0.25, -0.2) is 0 Å². The Hall–Kier alpha value is -0.0800. The summed E-state index contributed by atoms with van der Waals surface area (Å²) in [6, 6.07) is 0. The minimum atomic E-state index is -0.218. The van der Waals surface area contributed by atoms with E-state index >= 15 is 0 Å². The highest BCUT2D eigenvalue weighted by Crippen LogP contribution is 2.36.